The molecule has 1 aliphatic heterocycles. The maximum absolute atomic E-state index is 13.0. The van der Waals surface area contributed by atoms with E-state index in [0.717, 1.165) is 0 Å². The maximum atomic E-state index is 13.0. The highest BCUT2D eigenvalue weighted by molar-refractivity contribution is 6.22. The summed E-state index contributed by atoms with van der Waals surface area (Å²) in [4.78, 5) is 51.6. The summed E-state index contributed by atoms with van der Waals surface area (Å²) in [6, 6.07) is 10.2. The highest BCUT2D eigenvalue weighted by Gasteiger charge is 2.36. The predicted octanol–water partition coefficient (Wildman–Crippen LogP) is 4.07. The van der Waals surface area contributed by atoms with Crippen molar-refractivity contribution in [2.24, 2.45) is 5.92 Å². The van der Waals surface area contributed by atoms with Crippen molar-refractivity contribution in [2.75, 3.05) is 13.6 Å². The van der Waals surface area contributed by atoms with E-state index < -0.39 is 11.0 Å². The first-order valence-electron chi connectivity index (χ1n) is 10.1. The number of fused-ring (bicyclic) bond motifs is 1. The van der Waals surface area contributed by atoms with Crippen molar-refractivity contribution in [3.8, 4) is 0 Å². The average molecular weight is 423 g/mol. The zero-order valence-electron chi connectivity index (χ0n) is 18.0. The quantitative estimate of drug-likeness (QED) is 0.380. The molecule has 1 unspecified atom stereocenters. The fraction of sp³-hybridized carbons (Fsp3) is 0.348. The van der Waals surface area contributed by atoms with Crippen LogP contribution in [0.2, 0.25) is 0 Å². The fourth-order valence-electron chi connectivity index (χ4n) is 3.52. The molecule has 1 heterocycles. The van der Waals surface area contributed by atoms with Crippen LogP contribution in [0.5, 0.6) is 0 Å². The topological polar surface area (TPSA) is 101 Å². The van der Waals surface area contributed by atoms with E-state index in [2.05, 4.69) is 0 Å². The zero-order chi connectivity index (χ0) is 22.9. The number of imide groups is 1. The van der Waals surface area contributed by atoms with Crippen LogP contribution in [0.4, 0.5) is 5.69 Å². The maximum Gasteiger partial charge on any atom is 0.269 e. The molecule has 0 fully saturated rings. The highest BCUT2D eigenvalue weighted by Crippen LogP contribution is 2.28. The lowest BCUT2D eigenvalue weighted by Crippen LogP contribution is -2.31. The molecule has 2 aromatic rings. The Labute approximate surface area is 180 Å². The minimum Gasteiger partial charge on any atom is -0.335 e. The van der Waals surface area contributed by atoms with E-state index in [9.17, 15) is 24.5 Å². The molecule has 0 aliphatic carbocycles. The first-order chi connectivity index (χ1) is 14.6. The molecule has 162 valence electrons. The summed E-state index contributed by atoms with van der Waals surface area (Å²) in [6.45, 7) is 6.16. The Kier molecular flexibility index (Phi) is 6.19. The summed E-state index contributed by atoms with van der Waals surface area (Å²) in [5, 5.41) is 11.0. The number of nitro groups is 1. The molecule has 0 N–H and O–H groups in total. The van der Waals surface area contributed by atoms with Crippen LogP contribution in [-0.4, -0.2) is 46.0 Å². The molecule has 0 saturated heterocycles. The summed E-state index contributed by atoms with van der Waals surface area (Å²) in [6.07, 6.45) is 0.709. The van der Waals surface area contributed by atoms with Crippen LogP contribution in [0.1, 0.15) is 69.9 Å². The number of carbonyl (C=O) groups is 3. The van der Waals surface area contributed by atoms with Gasteiger partial charge in [0.25, 0.3) is 23.4 Å². The highest BCUT2D eigenvalue weighted by atomic mass is 16.6. The molecular weight excluding hydrogens is 398 g/mol. The number of amides is 3. The van der Waals surface area contributed by atoms with Crippen LogP contribution >= 0.6 is 0 Å². The van der Waals surface area contributed by atoms with Crippen LogP contribution in [0.25, 0.3) is 0 Å². The number of hydrogen-bond donors (Lipinski definition) is 0. The van der Waals surface area contributed by atoms with E-state index in [-0.39, 0.29) is 34.5 Å². The van der Waals surface area contributed by atoms with Gasteiger partial charge in [-0.15, -0.1) is 0 Å². The van der Waals surface area contributed by atoms with Crippen molar-refractivity contribution in [3.05, 3.63) is 74.8 Å². The molecule has 0 saturated carbocycles. The fourth-order valence-corrected chi connectivity index (χ4v) is 3.52. The van der Waals surface area contributed by atoms with E-state index in [1.54, 1.807) is 26.1 Å². The first-order valence-corrected chi connectivity index (χ1v) is 10.1. The third-order valence-electron chi connectivity index (χ3n) is 5.61. The van der Waals surface area contributed by atoms with Gasteiger partial charge in [-0.3, -0.25) is 29.4 Å². The molecule has 1 atom stereocenters. The summed E-state index contributed by atoms with van der Waals surface area (Å²) >= 11 is 0. The number of rotatable bonds is 7. The number of nitrogens with zero attached hydrogens (tertiary/aromatic N) is 3. The van der Waals surface area contributed by atoms with Crippen LogP contribution < -0.4 is 0 Å². The predicted molar refractivity (Wildman–Crippen MR) is 115 cm³/mol. The molecule has 3 rings (SSSR count). The van der Waals surface area contributed by atoms with Crippen molar-refractivity contribution in [2.45, 2.75) is 33.2 Å². The van der Waals surface area contributed by atoms with Gasteiger partial charge in [-0.2, -0.15) is 0 Å². The normalized spacial score (nSPS) is 14.0. The largest absolute Gasteiger partial charge is 0.335 e. The first kappa shape index (κ1) is 22.1. The zero-order valence-corrected chi connectivity index (χ0v) is 18.0. The lowest BCUT2D eigenvalue weighted by Gasteiger charge is -2.25. The Hall–Kier alpha value is -3.55. The third-order valence-corrected chi connectivity index (χ3v) is 5.61. The smallest absolute Gasteiger partial charge is 0.269 e. The molecule has 8 nitrogen and oxygen atoms in total. The van der Waals surface area contributed by atoms with E-state index in [4.69, 9.17) is 0 Å². The van der Waals surface area contributed by atoms with Gasteiger partial charge in [0.15, 0.2) is 0 Å². The number of carbonyl (C=O) groups excluding carboxylic acids is 3. The summed E-state index contributed by atoms with van der Waals surface area (Å²) < 4.78 is 0. The Morgan fingerprint density at radius 3 is 2.39 bits per heavy atom. The van der Waals surface area contributed by atoms with Crippen molar-refractivity contribution in [1.82, 2.24) is 9.80 Å². The summed E-state index contributed by atoms with van der Waals surface area (Å²) in [7, 11) is 1.60. The number of non-ortho nitro benzene ring substituents is 1. The SMILES string of the molecule is CC(C)CCN1C(=O)c2ccc(C(=O)N(C)C(C)c3cccc([N+](=O)[O-])c3)cc2C1=O. The lowest BCUT2D eigenvalue weighted by molar-refractivity contribution is -0.384. The number of hydrogen-bond acceptors (Lipinski definition) is 5. The standard InChI is InChI=1S/C23H25N3O5/c1-14(2)10-11-25-22(28)19-9-8-17(13-20(19)23(25)29)21(27)24(4)15(3)16-6-5-7-18(12-16)26(30)31/h5-9,12-15H,10-11H2,1-4H3. The Morgan fingerprint density at radius 1 is 1.06 bits per heavy atom. The van der Waals surface area contributed by atoms with Crippen LogP contribution in [0.3, 0.4) is 0 Å². The second-order valence-electron chi connectivity index (χ2n) is 8.15. The molecule has 0 spiro atoms. The molecular formula is C23H25N3O5. The van der Waals surface area contributed by atoms with Crippen LogP contribution in [-0.2, 0) is 0 Å². The average Bonchev–Trinajstić information content (AvgIpc) is 2.99. The second-order valence-corrected chi connectivity index (χ2v) is 8.15. The van der Waals surface area contributed by atoms with Crippen LogP contribution in [0.15, 0.2) is 42.5 Å². The van der Waals surface area contributed by atoms with Gasteiger partial charge in [-0.1, -0.05) is 26.0 Å². The van der Waals surface area contributed by atoms with Crippen molar-refractivity contribution < 1.29 is 19.3 Å². The van der Waals surface area contributed by atoms with E-state index >= 15 is 0 Å². The second kappa shape index (κ2) is 8.67. The Bertz CT molecular complexity index is 1060. The molecule has 31 heavy (non-hydrogen) atoms. The van der Waals surface area contributed by atoms with Gasteiger partial charge in [0.2, 0.25) is 0 Å². The summed E-state index contributed by atoms with van der Waals surface area (Å²) in [5.41, 5.74) is 1.40. The molecule has 0 radical (unpaired) electrons. The van der Waals surface area contributed by atoms with Gasteiger partial charge in [-0.05, 0) is 43.0 Å². The number of nitro benzene ring substituents is 1. The van der Waals surface area contributed by atoms with Gasteiger partial charge in [-0.25, -0.2) is 0 Å². The molecule has 3 amide bonds. The molecule has 8 heteroatoms. The minimum absolute atomic E-state index is 0.0478. The molecule has 1 aliphatic rings. The van der Waals surface area contributed by atoms with Gasteiger partial charge < -0.3 is 4.90 Å². The Morgan fingerprint density at radius 2 is 1.74 bits per heavy atom. The Balaban J connectivity index is 1.82. The van der Waals surface area contributed by atoms with Gasteiger partial charge >= 0.3 is 0 Å². The van der Waals surface area contributed by atoms with E-state index in [0.29, 0.717) is 30.0 Å². The van der Waals surface area contributed by atoms with Gasteiger partial charge in [0, 0.05) is 31.3 Å². The van der Waals surface area contributed by atoms with Crippen LogP contribution in [0, 0.1) is 16.0 Å². The van der Waals surface area contributed by atoms with Crippen molar-refractivity contribution in [3.63, 3.8) is 0 Å². The number of benzene rings is 2. The summed E-state index contributed by atoms with van der Waals surface area (Å²) in [5.74, 6) is -0.712. The van der Waals surface area contributed by atoms with E-state index in [1.807, 2.05) is 13.8 Å². The van der Waals surface area contributed by atoms with E-state index in [1.165, 1.54) is 40.1 Å². The molecule has 0 bridgehead atoms. The van der Waals surface area contributed by atoms with Crippen molar-refractivity contribution in [1.29, 1.82) is 0 Å². The van der Waals surface area contributed by atoms with Crippen molar-refractivity contribution >= 4 is 23.4 Å². The van der Waals surface area contributed by atoms with Gasteiger partial charge in [0.1, 0.15) is 0 Å². The molecule has 0 aromatic heterocycles. The lowest BCUT2D eigenvalue weighted by atomic mass is 10.0. The monoisotopic (exact) mass is 423 g/mol. The minimum atomic E-state index is -0.480. The third kappa shape index (κ3) is 4.33. The van der Waals surface area contributed by atoms with Gasteiger partial charge in [0.05, 0.1) is 22.1 Å². The molecule has 2 aromatic carbocycles.